The molecule has 0 amide bonds. The highest BCUT2D eigenvalue weighted by Crippen LogP contribution is 2.34. The second kappa shape index (κ2) is 9.02. The maximum atomic E-state index is 12.3. The van der Waals surface area contributed by atoms with Gasteiger partial charge in [0.05, 0.1) is 18.5 Å². The van der Waals surface area contributed by atoms with Crippen molar-refractivity contribution < 1.29 is 25.3 Å². The summed E-state index contributed by atoms with van der Waals surface area (Å²) < 4.78 is 7.09. The predicted molar refractivity (Wildman–Crippen MR) is 119 cm³/mol. The SMILES string of the molecule is Nc1nc2c(nc(N/N=C\c3ccc(Br)c(N([O-])O)c3)n2[C@@H]2O[C@@H](CO)[C@@H](O)[C@@H]2O)c(=O)[nH]1. The number of halogens is 1. The summed E-state index contributed by atoms with van der Waals surface area (Å²) in [5, 5.41) is 54.1. The van der Waals surface area contributed by atoms with Crippen LogP contribution in [0.3, 0.4) is 0 Å². The molecule has 0 saturated carbocycles. The zero-order valence-corrected chi connectivity index (χ0v) is 18.1. The molecule has 1 aliphatic rings. The Morgan fingerprint density at radius 2 is 2.15 bits per heavy atom. The van der Waals surface area contributed by atoms with Crippen LogP contribution in [0, 0.1) is 5.21 Å². The van der Waals surface area contributed by atoms with Crippen LogP contribution in [0.1, 0.15) is 11.8 Å². The zero-order chi connectivity index (χ0) is 23.9. The van der Waals surface area contributed by atoms with Crippen LogP contribution >= 0.6 is 15.9 Å². The van der Waals surface area contributed by atoms with Gasteiger partial charge in [-0.15, -0.1) is 0 Å². The summed E-state index contributed by atoms with van der Waals surface area (Å²) in [6.45, 7) is -0.564. The van der Waals surface area contributed by atoms with E-state index in [2.05, 4.69) is 41.4 Å². The number of nitrogens with zero attached hydrogens (tertiary/aromatic N) is 5. The summed E-state index contributed by atoms with van der Waals surface area (Å²) in [5.74, 6) is -0.311. The highest BCUT2D eigenvalue weighted by atomic mass is 79.9. The number of H-pyrrole nitrogens is 1. The van der Waals surface area contributed by atoms with Crippen LogP contribution in [0.15, 0.2) is 32.6 Å². The molecule has 0 unspecified atom stereocenters. The molecule has 1 fully saturated rings. The fourth-order valence-corrected chi connectivity index (χ4v) is 3.73. The van der Waals surface area contributed by atoms with Crippen molar-refractivity contribution in [3.63, 3.8) is 0 Å². The van der Waals surface area contributed by atoms with Gasteiger partial charge in [0.1, 0.15) is 18.3 Å². The monoisotopic (exact) mass is 525 g/mol. The van der Waals surface area contributed by atoms with Crippen LogP contribution in [0.5, 0.6) is 0 Å². The maximum absolute atomic E-state index is 12.3. The van der Waals surface area contributed by atoms with Gasteiger partial charge in [-0.25, -0.2) is 10.4 Å². The average Bonchev–Trinajstić information content (AvgIpc) is 3.26. The van der Waals surface area contributed by atoms with E-state index in [1.54, 1.807) is 6.07 Å². The van der Waals surface area contributed by atoms with Gasteiger partial charge in [0, 0.05) is 4.47 Å². The Balaban J connectivity index is 1.73. The molecule has 0 spiro atoms. The minimum absolute atomic E-state index is 0.0519. The zero-order valence-electron chi connectivity index (χ0n) is 16.5. The first-order valence-corrected chi connectivity index (χ1v) is 10.2. The molecule has 1 aliphatic heterocycles. The Labute approximate surface area is 192 Å². The number of benzene rings is 1. The molecule has 3 aromatic rings. The Kier molecular flexibility index (Phi) is 6.30. The molecule has 3 heterocycles. The number of nitrogens with two attached hydrogens (primary N) is 1. The lowest BCUT2D eigenvalue weighted by Crippen LogP contribution is -2.33. The van der Waals surface area contributed by atoms with Crippen molar-refractivity contribution in [3.05, 3.63) is 43.8 Å². The third kappa shape index (κ3) is 4.27. The van der Waals surface area contributed by atoms with Crippen molar-refractivity contribution >= 4 is 50.9 Å². The Bertz CT molecular complexity index is 1260. The molecule has 15 nitrogen and oxygen atoms in total. The molecule has 4 atom stereocenters. The largest absolute Gasteiger partial charge is 0.733 e. The molecular weight excluding hydrogens is 508 g/mol. The number of imidazole rings is 1. The fraction of sp³-hybridized carbons (Fsp3) is 0.294. The van der Waals surface area contributed by atoms with Gasteiger partial charge in [0.2, 0.25) is 11.9 Å². The van der Waals surface area contributed by atoms with E-state index in [0.29, 0.717) is 10.0 Å². The van der Waals surface area contributed by atoms with E-state index in [-0.39, 0.29) is 34.0 Å². The minimum Gasteiger partial charge on any atom is -0.733 e. The highest BCUT2D eigenvalue weighted by Gasteiger charge is 2.45. The summed E-state index contributed by atoms with van der Waals surface area (Å²) in [5.41, 5.74) is 7.74. The van der Waals surface area contributed by atoms with Crippen molar-refractivity contribution in [2.75, 3.05) is 23.0 Å². The van der Waals surface area contributed by atoms with E-state index >= 15 is 0 Å². The quantitative estimate of drug-likeness (QED) is 0.155. The standard InChI is InChI=1S/C17H18BrN8O7/c18-7-2-1-6(3-8(7)26(31)32)4-20-24-17-21-10-13(22-16(19)23-14(10)30)25(17)15-12(29)11(28)9(5-27)33-15/h1-4,9,11-12,15,27-29,31H,5H2,(H,21,24)(H3,19,22,23,30)/q-1/b20-4-/t9-,11+,12-,15+/m0/s1. The third-order valence-corrected chi connectivity index (χ3v) is 5.57. The first kappa shape index (κ1) is 23.1. The van der Waals surface area contributed by atoms with E-state index < -0.39 is 36.7 Å². The van der Waals surface area contributed by atoms with Crippen molar-refractivity contribution in [1.82, 2.24) is 19.5 Å². The van der Waals surface area contributed by atoms with Gasteiger partial charge in [0.25, 0.3) is 5.56 Å². The van der Waals surface area contributed by atoms with E-state index in [4.69, 9.17) is 15.7 Å². The number of ether oxygens (including phenoxy) is 1. The predicted octanol–water partition coefficient (Wildman–Crippen LogP) is -0.785. The molecule has 176 valence electrons. The summed E-state index contributed by atoms with van der Waals surface area (Å²) >= 11 is 3.14. The number of aromatic nitrogens is 4. The van der Waals surface area contributed by atoms with Crippen LogP contribution in [-0.4, -0.2) is 71.2 Å². The van der Waals surface area contributed by atoms with E-state index in [1.165, 1.54) is 22.9 Å². The van der Waals surface area contributed by atoms with Gasteiger partial charge in [-0.2, -0.15) is 10.1 Å². The highest BCUT2D eigenvalue weighted by molar-refractivity contribution is 9.10. The lowest BCUT2D eigenvalue weighted by Gasteiger charge is -2.23. The number of aliphatic hydroxyl groups excluding tert-OH is 3. The molecule has 16 heteroatoms. The maximum Gasteiger partial charge on any atom is 0.280 e. The third-order valence-electron chi connectivity index (χ3n) is 4.89. The normalized spacial score (nSPS) is 23.0. The summed E-state index contributed by atoms with van der Waals surface area (Å²) in [7, 11) is 0. The van der Waals surface area contributed by atoms with Gasteiger partial charge in [-0.1, -0.05) is 6.07 Å². The van der Waals surface area contributed by atoms with Gasteiger partial charge < -0.3 is 36.2 Å². The first-order chi connectivity index (χ1) is 15.7. The summed E-state index contributed by atoms with van der Waals surface area (Å²) in [4.78, 5) is 22.8. The van der Waals surface area contributed by atoms with Crippen molar-refractivity contribution in [2.45, 2.75) is 24.5 Å². The number of aliphatic hydroxyl groups is 3. The Morgan fingerprint density at radius 1 is 1.39 bits per heavy atom. The lowest BCUT2D eigenvalue weighted by atomic mass is 10.1. The molecule has 0 bridgehead atoms. The Hall–Kier alpha value is -3.12. The first-order valence-electron chi connectivity index (χ1n) is 9.36. The van der Waals surface area contributed by atoms with Crippen LogP contribution in [-0.2, 0) is 4.74 Å². The molecule has 8 N–H and O–H groups in total. The average molecular weight is 526 g/mol. The van der Waals surface area contributed by atoms with Crippen molar-refractivity contribution in [3.8, 4) is 0 Å². The number of fused-ring (bicyclic) bond motifs is 1. The lowest BCUT2D eigenvalue weighted by molar-refractivity contribution is -0.0501. The molecule has 33 heavy (non-hydrogen) atoms. The number of hydrogen-bond donors (Lipinski definition) is 7. The van der Waals surface area contributed by atoms with Crippen LogP contribution < -0.4 is 21.9 Å². The van der Waals surface area contributed by atoms with E-state index in [0.717, 1.165) is 0 Å². The van der Waals surface area contributed by atoms with Crippen LogP contribution in [0.2, 0.25) is 0 Å². The summed E-state index contributed by atoms with van der Waals surface area (Å²) in [6, 6.07) is 4.48. The molecule has 0 aliphatic carbocycles. The number of nitrogens with one attached hydrogen (secondary N) is 2. The number of aromatic amines is 1. The van der Waals surface area contributed by atoms with Gasteiger partial charge in [0.15, 0.2) is 17.4 Å². The number of nitrogen functional groups attached to an aromatic ring is 1. The summed E-state index contributed by atoms with van der Waals surface area (Å²) in [6.07, 6.45) is -3.98. The van der Waals surface area contributed by atoms with Crippen LogP contribution in [0.4, 0.5) is 17.6 Å². The Morgan fingerprint density at radius 3 is 2.82 bits per heavy atom. The molecule has 0 radical (unpaired) electrons. The van der Waals surface area contributed by atoms with Gasteiger partial charge in [-0.05, 0) is 33.6 Å². The topological polar surface area (TPSA) is 230 Å². The number of anilines is 3. The number of hydrazone groups is 1. The molecule has 1 saturated heterocycles. The molecule has 2 aromatic heterocycles. The van der Waals surface area contributed by atoms with Gasteiger partial charge >= 0.3 is 0 Å². The van der Waals surface area contributed by atoms with E-state index in [9.17, 15) is 25.3 Å². The van der Waals surface area contributed by atoms with E-state index in [1.807, 2.05) is 0 Å². The number of hydrogen-bond acceptors (Lipinski definition) is 13. The second-order valence-electron chi connectivity index (χ2n) is 7.01. The number of rotatable bonds is 6. The fourth-order valence-electron chi connectivity index (χ4n) is 3.34. The van der Waals surface area contributed by atoms with Gasteiger partial charge in [-0.3, -0.25) is 19.6 Å². The van der Waals surface area contributed by atoms with Crippen LogP contribution in [0.25, 0.3) is 11.2 Å². The molecule has 1 aromatic carbocycles. The second-order valence-corrected chi connectivity index (χ2v) is 7.87. The molecule has 4 rings (SSSR count). The smallest absolute Gasteiger partial charge is 0.280 e. The van der Waals surface area contributed by atoms with Crippen molar-refractivity contribution in [1.29, 1.82) is 0 Å². The van der Waals surface area contributed by atoms with Crippen molar-refractivity contribution in [2.24, 2.45) is 5.10 Å². The molecular formula is C17H18BrN8O7-. The minimum atomic E-state index is -1.49.